The van der Waals surface area contributed by atoms with Crippen LogP contribution in [0.3, 0.4) is 0 Å². The van der Waals surface area contributed by atoms with E-state index in [2.05, 4.69) is 5.32 Å². The number of nitrogens with one attached hydrogen (secondary N) is 1. The Hall–Kier alpha value is -1.23. The Bertz CT molecular complexity index is 378. The minimum absolute atomic E-state index is 0.00537. The molecule has 0 radical (unpaired) electrons. The highest BCUT2D eigenvalue weighted by Gasteiger charge is 2.16. The van der Waals surface area contributed by atoms with Crippen LogP contribution in [0.1, 0.15) is 12.8 Å². The normalized spacial score (nSPS) is 17.4. The van der Waals surface area contributed by atoms with Crippen LogP contribution in [0.15, 0.2) is 12.1 Å². The molecule has 2 rings (SSSR count). The number of hydrogen-bond acceptors (Lipinski definition) is 2. The van der Waals surface area contributed by atoms with Crippen molar-refractivity contribution in [1.29, 1.82) is 0 Å². The highest BCUT2D eigenvalue weighted by atomic mass is 19.2. The Kier molecular flexibility index (Phi) is 3.33. The molecule has 0 atom stereocenters. The number of hydrogen-bond donors (Lipinski definition) is 1. The predicted octanol–water partition coefficient (Wildman–Crippen LogP) is 2.69. The van der Waals surface area contributed by atoms with Crippen LogP contribution in [-0.4, -0.2) is 19.3 Å². The summed E-state index contributed by atoms with van der Waals surface area (Å²) >= 11 is 0. The van der Waals surface area contributed by atoms with Crippen molar-refractivity contribution < 1.29 is 17.9 Å². The lowest BCUT2D eigenvalue weighted by Gasteiger charge is -2.24. The van der Waals surface area contributed by atoms with Gasteiger partial charge in [-0.2, -0.15) is 0 Å². The molecule has 5 heteroatoms. The van der Waals surface area contributed by atoms with E-state index in [0.717, 1.165) is 18.9 Å². The van der Waals surface area contributed by atoms with Gasteiger partial charge in [0.15, 0.2) is 11.6 Å². The van der Waals surface area contributed by atoms with Crippen molar-refractivity contribution in [3.8, 4) is 0 Å². The smallest absolute Gasteiger partial charge is 0.161 e. The molecule has 0 bridgehead atoms. The van der Waals surface area contributed by atoms with E-state index < -0.39 is 17.5 Å². The summed E-state index contributed by atoms with van der Waals surface area (Å²) in [5, 5.41) is 2.86. The van der Waals surface area contributed by atoms with Crippen LogP contribution in [0.25, 0.3) is 0 Å². The van der Waals surface area contributed by atoms with Gasteiger partial charge < -0.3 is 10.1 Å². The van der Waals surface area contributed by atoms with Crippen LogP contribution in [-0.2, 0) is 4.74 Å². The lowest BCUT2D eigenvalue weighted by molar-refractivity contribution is 0.0904. The average molecular weight is 231 g/mol. The molecule has 1 N–H and O–H groups in total. The Labute approximate surface area is 91.4 Å². The number of anilines is 1. The second-order valence-corrected chi connectivity index (χ2v) is 3.78. The van der Waals surface area contributed by atoms with Crippen LogP contribution < -0.4 is 5.32 Å². The molecule has 1 aromatic carbocycles. The molecular weight excluding hydrogens is 219 g/mol. The zero-order valence-electron chi connectivity index (χ0n) is 8.60. The van der Waals surface area contributed by atoms with Gasteiger partial charge in [0, 0.05) is 31.4 Å². The number of halogens is 3. The van der Waals surface area contributed by atoms with Gasteiger partial charge in [-0.25, -0.2) is 13.2 Å². The van der Waals surface area contributed by atoms with Crippen molar-refractivity contribution in [2.45, 2.75) is 18.9 Å². The largest absolute Gasteiger partial charge is 0.381 e. The van der Waals surface area contributed by atoms with Crippen LogP contribution in [0, 0.1) is 17.5 Å². The molecule has 1 aromatic rings. The van der Waals surface area contributed by atoms with E-state index in [1.165, 1.54) is 0 Å². The molecule has 0 amide bonds. The van der Waals surface area contributed by atoms with Crippen LogP contribution in [0.5, 0.6) is 0 Å². The van der Waals surface area contributed by atoms with Crippen molar-refractivity contribution in [3.63, 3.8) is 0 Å². The van der Waals surface area contributed by atoms with Gasteiger partial charge in [0.05, 0.1) is 5.69 Å². The third-order valence-electron chi connectivity index (χ3n) is 2.59. The maximum atomic E-state index is 13.3. The van der Waals surface area contributed by atoms with E-state index in [4.69, 9.17) is 4.74 Å². The first-order chi connectivity index (χ1) is 7.66. The van der Waals surface area contributed by atoms with Gasteiger partial charge in [0.1, 0.15) is 5.82 Å². The van der Waals surface area contributed by atoms with Gasteiger partial charge in [-0.15, -0.1) is 0 Å². The van der Waals surface area contributed by atoms with E-state index >= 15 is 0 Å². The molecule has 1 heterocycles. The van der Waals surface area contributed by atoms with Crippen molar-refractivity contribution >= 4 is 5.69 Å². The first-order valence-electron chi connectivity index (χ1n) is 5.15. The van der Waals surface area contributed by atoms with Gasteiger partial charge in [0.2, 0.25) is 0 Å². The SMILES string of the molecule is Fc1cc(F)c(NC2CCOCC2)cc1F. The summed E-state index contributed by atoms with van der Waals surface area (Å²) in [5.74, 6) is -2.99. The van der Waals surface area contributed by atoms with Crippen molar-refractivity contribution in [2.75, 3.05) is 18.5 Å². The number of ether oxygens (including phenoxy) is 1. The summed E-state index contributed by atoms with van der Waals surface area (Å²) in [6.07, 6.45) is 1.47. The summed E-state index contributed by atoms with van der Waals surface area (Å²) in [6, 6.07) is 1.45. The highest BCUT2D eigenvalue weighted by molar-refractivity contribution is 5.46. The van der Waals surface area contributed by atoms with E-state index in [-0.39, 0.29) is 11.7 Å². The zero-order chi connectivity index (χ0) is 11.5. The topological polar surface area (TPSA) is 21.3 Å². The standard InChI is InChI=1S/C11H12F3NO/c12-8-5-10(14)11(6-9(8)13)15-7-1-3-16-4-2-7/h5-7,15H,1-4H2. The lowest BCUT2D eigenvalue weighted by atomic mass is 10.1. The summed E-state index contributed by atoms with van der Waals surface area (Å²) in [6.45, 7) is 1.20. The van der Waals surface area contributed by atoms with E-state index in [1.807, 2.05) is 0 Å². The molecule has 1 saturated heterocycles. The molecule has 88 valence electrons. The Morgan fingerprint density at radius 2 is 1.62 bits per heavy atom. The summed E-state index contributed by atoms with van der Waals surface area (Å²) in [5.41, 5.74) is 0.00537. The minimum Gasteiger partial charge on any atom is -0.381 e. The molecule has 1 fully saturated rings. The molecule has 16 heavy (non-hydrogen) atoms. The molecule has 0 aromatic heterocycles. The number of benzene rings is 1. The molecule has 0 spiro atoms. The molecule has 0 unspecified atom stereocenters. The third kappa shape index (κ3) is 2.47. The minimum atomic E-state index is -1.17. The maximum Gasteiger partial charge on any atom is 0.161 e. The Balaban J connectivity index is 2.11. The van der Waals surface area contributed by atoms with Crippen molar-refractivity contribution in [2.24, 2.45) is 0 Å². The van der Waals surface area contributed by atoms with E-state index in [1.54, 1.807) is 0 Å². The fourth-order valence-electron chi connectivity index (χ4n) is 1.70. The van der Waals surface area contributed by atoms with Gasteiger partial charge in [-0.05, 0) is 12.8 Å². The molecule has 2 nitrogen and oxygen atoms in total. The molecule has 0 saturated carbocycles. The second-order valence-electron chi connectivity index (χ2n) is 3.78. The molecular formula is C11H12F3NO. The third-order valence-corrected chi connectivity index (χ3v) is 2.59. The summed E-state index contributed by atoms with van der Waals surface area (Å²) < 4.78 is 44.0. The zero-order valence-corrected chi connectivity index (χ0v) is 8.60. The fraction of sp³-hybridized carbons (Fsp3) is 0.455. The maximum absolute atomic E-state index is 13.3. The Morgan fingerprint density at radius 3 is 2.31 bits per heavy atom. The first-order valence-corrected chi connectivity index (χ1v) is 5.15. The van der Waals surface area contributed by atoms with Crippen LogP contribution in [0.2, 0.25) is 0 Å². The summed E-state index contributed by atoms with van der Waals surface area (Å²) in [4.78, 5) is 0. The molecule has 1 aliphatic heterocycles. The van der Waals surface area contributed by atoms with E-state index in [9.17, 15) is 13.2 Å². The highest BCUT2D eigenvalue weighted by Crippen LogP contribution is 2.21. The van der Waals surface area contributed by atoms with Gasteiger partial charge in [0.25, 0.3) is 0 Å². The van der Waals surface area contributed by atoms with Gasteiger partial charge in [-0.3, -0.25) is 0 Å². The van der Waals surface area contributed by atoms with Crippen LogP contribution >= 0.6 is 0 Å². The second kappa shape index (κ2) is 4.74. The van der Waals surface area contributed by atoms with Gasteiger partial charge >= 0.3 is 0 Å². The van der Waals surface area contributed by atoms with Gasteiger partial charge in [-0.1, -0.05) is 0 Å². The molecule has 1 aliphatic rings. The Morgan fingerprint density at radius 1 is 1.00 bits per heavy atom. The first kappa shape index (κ1) is 11.3. The predicted molar refractivity (Wildman–Crippen MR) is 53.8 cm³/mol. The van der Waals surface area contributed by atoms with Crippen molar-refractivity contribution in [3.05, 3.63) is 29.6 Å². The summed E-state index contributed by atoms with van der Waals surface area (Å²) in [7, 11) is 0. The number of rotatable bonds is 2. The van der Waals surface area contributed by atoms with Crippen LogP contribution in [0.4, 0.5) is 18.9 Å². The monoisotopic (exact) mass is 231 g/mol. The molecule has 0 aliphatic carbocycles. The fourth-order valence-corrected chi connectivity index (χ4v) is 1.70. The average Bonchev–Trinajstić information content (AvgIpc) is 2.27. The van der Waals surface area contributed by atoms with Crippen molar-refractivity contribution in [1.82, 2.24) is 0 Å². The quantitative estimate of drug-likeness (QED) is 0.790. The van der Waals surface area contributed by atoms with E-state index in [0.29, 0.717) is 19.3 Å². The lowest BCUT2D eigenvalue weighted by Crippen LogP contribution is -2.28.